The molecule has 56 heavy (non-hydrogen) atoms. The number of hydrogen-bond donors (Lipinski definition) is 4. The summed E-state index contributed by atoms with van der Waals surface area (Å²) >= 11 is 0. The molecule has 0 radical (unpaired) electrons. The fourth-order valence-corrected chi connectivity index (χ4v) is 6.52. The van der Waals surface area contributed by atoms with E-state index < -0.39 is 35.8 Å². The van der Waals surface area contributed by atoms with Gasteiger partial charge in [0.2, 0.25) is 23.6 Å². The molecule has 0 heterocycles. The highest BCUT2D eigenvalue weighted by molar-refractivity contribution is 5.89. The number of unbranched alkanes of at least 4 members (excludes halogenated alkanes) is 18. The number of amides is 4. The molecule has 0 unspecified atom stereocenters. The number of carbonyl (C=O) groups excluding carboxylic acids is 6. The van der Waals surface area contributed by atoms with Crippen LogP contribution in [0.2, 0.25) is 0 Å². The zero-order valence-corrected chi connectivity index (χ0v) is 36.0. The third-order valence-corrected chi connectivity index (χ3v) is 9.89. The van der Waals surface area contributed by atoms with E-state index in [-0.39, 0.29) is 37.9 Å². The molecule has 4 N–H and O–H groups in total. The van der Waals surface area contributed by atoms with E-state index >= 15 is 0 Å². The molecule has 326 valence electrons. The Hall–Kier alpha value is -3.18. The summed E-state index contributed by atoms with van der Waals surface area (Å²) in [6.45, 7) is 9.16. The second kappa shape index (κ2) is 38.7. The highest BCUT2D eigenvalue weighted by atomic mass is 16.5. The summed E-state index contributed by atoms with van der Waals surface area (Å²) in [5.41, 5.74) is 0. The molecular weight excluding hydrogens is 713 g/mol. The summed E-state index contributed by atoms with van der Waals surface area (Å²) in [5.74, 6) is -1.95. The number of hydrogen-bond acceptors (Lipinski definition) is 8. The summed E-state index contributed by atoms with van der Waals surface area (Å²) < 4.78 is 10.3. The first kappa shape index (κ1) is 52.8. The van der Waals surface area contributed by atoms with E-state index in [2.05, 4.69) is 35.1 Å². The van der Waals surface area contributed by atoms with Crippen molar-refractivity contribution in [3.05, 3.63) is 0 Å². The fourth-order valence-electron chi connectivity index (χ4n) is 6.52. The summed E-state index contributed by atoms with van der Waals surface area (Å²) in [4.78, 5) is 75.1. The zero-order chi connectivity index (χ0) is 41.5. The number of nitrogens with one attached hydrogen (secondary N) is 4. The van der Waals surface area contributed by atoms with Gasteiger partial charge in [0.1, 0.15) is 12.1 Å². The van der Waals surface area contributed by atoms with Crippen molar-refractivity contribution in [2.75, 3.05) is 26.3 Å². The highest BCUT2D eigenvalue weighted by Crippen LogP contribution is 2.12. The lowest BCUT2D eigenvalue weighted by atomic mass is 10.1. The Bertz CT molecular complexity index is 961. The smallest absolute Gasteiger partial charge is 0.328 e. The first-order chi connectivity index (χ1) is 27.2. The maximum Gasteiger partial charge on any atom is 0.328 e. The molecule has 0 aliphatic heterocycles. The maximum atomic E-state index is 12.8. The van der Waals surface area contributed by atoms with Crippen molar-refractivity contribution >= 4 is 35.6 Å². The molecule has 2 atom stereocenters. The zero-order valence-electron chi connectivity index (χ0n) is 36.0. The van der Waals surface area contributed by atoms with Gasteiger partial charge in [0.15, 0.2) is 0 Å². The number of ether oxygens (including phenoxy) is 2. The summed E-state index contributed by atoms with van der Waals surface area (Å²) in [5, 5.41) is 11.3. The highest BCUT2D eigenvalue weighted by Gasteiger charge is 2.24. The Balaban J connectivity index is 4.42. The summed E-state index contributed by atoms with van der Waals surface area (Å²) in [7, 11) is 0. The van der Waals surface area contributed by atoms with Crippen molar-refractivity contribution in [1.29, 1.82) is 0 Å². The first-order valence-corrected chi connectivity index (χ1v) is 22.6. The minimum absolute atomic E-state index is 0.0370. The van der Waals surface area contributed by atoms with Crippen molar-refractivity contribution in [3.63, 3.8) is 0 Å². The van der Waals surface area contributed by atoms with Crippen LogP contribution in [0.25, 0.3) is 0 Å². The summed E-state index contributed by atoms with van der Waals surface area (Å²) in [6.07, 6.45) is 25.5. The lowest BCUT2D eigenvalue weighted by Gasteiger charge is -2.19. The summed E-state index contributed by atoms with van der Waals surface area (Å²) in [6, 6.07) is -1.72. The lowest BCUT2D eigenvalue weighted by Crippen LogP contribution is -2.44. The monoisotopic (exact) mass is 795 g/mol. The molecule has 0 aliphatic rings. The molecule has 0 rings (SSSR count). The van der Waals surface area contributed by atoms with Crippen LogP contribution in [0.1, 0.15) is 207 Å². The van der Waals surface area contributed by atoms with Gasteiger partial charge < -0.3 is 30.7 Å². The SMILES string of the molecule is CCCCCCCCCCCC(=O)NCCCC[C@H](NC(=O)CCC(=O)N[C@@H](CCCCNC(=O)CCCCCCCCCCC)C(=O)OCC)C(=O)OCC. The molecule has 0 fully saturated rings. The van der Waals surface area contributed by atoms with E-state index in [4.69, 9.17) is 9.47 Å². The van der Waals surface area contributed by atoms with E-state index in [1.54, 1.807) is 13.8 Å². The van der Waals surface area contributed by atoms with Crippen LogP contribution < -0.4 is 21.3 Å². The van der Waals surface area contributed by atoms with Crippen LogP contribution in [0.3, 0.4) is 0 Å². The van der Waals surface area contributed by atoms with Crippen molar-refractivity contribution in [3.8, 4) is 0 Å². The van der Waals surface area contributed by atoms with Crippen LogP contribution in [0.5, 0.6) is 0 Å². The van der Waals surface area contributed by atoms with Gasteiger partial charge in [-0.3, -0.25) is 19.2 Å². The van der Waals surface area contributed by atoms with Crippen molar-refractivity contribution in [2.24, 2.45) is 0 Å². The van der Waals surface area contributed by atoms with Crippen LogP contribution in [0, 0.1) is 0 Å². The molecule has 0 saturated heterocycles. The molecule has 12 nitrogen and oxygen atoms in total. The van der Waals surface area contributed by atoms with E-state index in [0.717, 1.165) is 25.7 Å². The number of carbonyl (C=O) groups is 6. The topological polar surface area (TPSA) is 169 Å². The van der Waals surface area contributed by atoms with Gasteiger partial charge in [0.25, 0.3) is 0 Å². The van der Waals surface area contributed by atoms with Crippen LogP contribution in [0.15, 0.2) is 0 Å². The average molecular weight is 795 g/mol. The van der Waals surface area contributed by atoms with Gasteiger partial charge in [-0.05, 0) is 65.2 Å². The van der Waals surface area contributed by atoms with Gasteiger partial charge in [-0.2, -0.15) is 0 Å². The standard InChI is InChI=1S/C44H82N4O8/c1-5-9-11-13-15-17-19-21-23-31-39(49)45-35-27-25-29-37(43(53)55-7-3)47-41(51)33-34-42(52)48-38(44(54)56-8-4)30-26-28-36-46-40(50)32-24-22-20-18-16-14-12-10-6-2/h37-38H,5-36H2,1-4H3,(H,45,49)(H,46,50)(H,47,51)(H,48,52)/t37-,38-/m0/s1. The minimum Gasteiger partial charge on any atom is -0.464 e. The van der Waals surface area contributed by atoms with Crippen LogP contribution in [-0.4, -0.2) is 74.0 Å². The first-order valence-electron chi connectivity index (χ1n) is 22.6. The second-order valence-corrected chi connectivity index (χ2v) is 15.1. The normalized spacial score (nSPS) is 12.0. The molecule has 4 amide bonds. The second-order valence-electron chi connectivity index (χ2n) is 15.1. The Labute approximate surface area is 340 Å². The third kappa shape index (κ3) is 33.0. The van der Waals surface area contributed by atoms with E-state index in [1.807, 2.05) is 0 Å². The third-order valence-electron chi connectivity index (χ3n) is 9.89. The average Bonchev–Trinajstić information content (AvgIpc) is 3.17. The minimum atomic E-state index is -0.860. The predicted octanol–water partition coefficient (Wildman–Crippen LogP) is 8.28. The molecule has 0 aromatic rings. The maximum absolute atomic E-state index is 12.8. The Morgan fingerprint density at radius 3 is 1.02 bits per heavy atom. The molecule has 0 spiro atoms. The van der Waals surface area contributed by atoms with Crippen molar-refractivity contribution in [2.45, 2.75) is 220 Å². The fraction of sp³-hybridized carbons (Fsp3) is 0.864. The van der Waals surface area contributed by atoms with Crippen LogP contribution in [-0.2, 0) is 38.2 Å². The van der Waals surface area contributed by atoms with Gasteiger partial charge in [-0.25, -0.2) is 9.59 Å². The lowest BCUT2D eigenvalue weighted by molar-refractivity contribution is -0.148. The van der Waals surface area contributed by atoms with Crippen molar-refractivity contribution < 1.29 is 38.2 Å². The molecule has 0 aromatic heterocycles. The Morgan fingerprint density at radius 1 is 0.375 bits per heavy atom. The van der Waals surface area contributed by atoms with Gasteiger partial charge in [-0.15, -0.1) is 0 Å². The predicted molar refractivity (Wildman–Crippen MR) is 224 cm³/mol. The number of esters is 2. The quantitative estimate of drug-likeness (QED) is 0.0356. The molecule has 12 heteroatoms. The van der Waals surface area contributed by atoms with Gasteiger partial charge >= 0.3 is 11.9 Å². The van der Waals surface area contributed by atoms with Gasteiger partial charge in [0, 0.05) is 38.8 Å². The molecule has 0 aromatic carbocycles. The van der Waals surface area contributed by atoms with E-state index in [1.165, 1.54) is 89.9 Å². The molecule has 0 saturated carbocycles. The Kier molecular flexibility index (Phi) is 36.5. The molecule has 0 bridgehead atoms. The van der Waals surface area contributed by atoms with Crippen LogP contribution >= 0.6 is 0 Å². The van der Waals surface area contributed by atoms with Gasteiger partial charge in [0.05, 0.1) is 13.2 Å². The molecule has 0 aliphatic carbocycles. The van der Waals surface area contributed by atoms with Crippen molar-refractivity contribution in [1.82, 2.24) is 21.3 Å². The Morgan fingerprint density at radius 2 is 0.696 bits per heavy atom. The van der Waals surface area contributed by atoms with Crippen LogP contribution in [0.4, 0.5) is 0 Å². The van der Waals surface area contributed by atoms with E-state index in [9.17, 15) is 28.8 Å². The van der Waals surface area contributed by atoms with Gasteiger partial charge in [-0.1, -0.05) is 117 Å². The largest absolute Gasteiger partial charge is 0.464 e. The van der Waals surface area contributed by atoms with E-state index in [0.29, 0.717) is 64.5 Å². The molecular formula is C44H82N4O8. The number of rotatable bonds is 39.